The number of carbonyl (C=O) groups is 1. The van der Waals surface area contributed by atoms with Gasteiger partial charge in [-0.2, -0.15) is 13.2 Å². The summed E-state index contributed by atoms with van der Waals surface area (Å²) in [6.45, 7) is 0.774. The second-order valence-electron chi connectivity index (χ2n) is 11.0. The number of hydrogen-bond acceptors (Lipinski definition) is 8. The third-order valence-corrected chi connectivity index (χ3v) is 9.24. The van der Waals surface area contributed by atoms with E-state index in [1.165, 1.54) is 9.47 Å². The first kappa shape index (κ1) is 29.2. The number of aromatic nitrogens is 3. The number of fused-ring (bicyclic) bond motifs is 1. The van der Waals surface area contributed by atoms with Crippen LogP contribution < -0.4 is 20.1 Å². The van der Waals surface area contributed by atoms with Crippen molar-refractivity contribution in [2.75, 3.05) is 30.0 Å². The highest BCUT2D eigenvalue weighted by Crippen LogP contribution is 2.37. The van der Waals surface area contributed by atoms with Gasteiger partial charge in [-0.15, -0.1) is 0 Å². The van der Waals surface area contributed by atoms with Gasteiger partial charge in [-0.1, -0.05) is 53.8 Å². The number of carbonyl (C=O) groups excluding carboxylic acids is 1. The van der Waals surface area contributed by atoms with Gasteiger partial charge >= 0.3 is 6.18 Å². The van der Waals surface area contributed by atoms with Crippen LogP contribution in [0, 0.1) is 0 Å². The molecule has 226 valence electrons. The Morgan fingerprint density at radius 2 is 1.70 bits per heavy atom. The van der Waals surface area contributed by atoms with Crippen LogP contribution in [-0.2, 0) is 17.8 Å². The highest BCUT2D eigenvalue weighted by Gasteiger charge is 2.47. The van der Waals surface area contributed by atoms with Crippen molar-refractivity contribution in [1.29, 1.82) is 0 Å². The molecule has 0 saturated carbocycles. The van der Waals surface area contributed by atoms with E-state index in [0.29, 0.717) is 48.7 Å². The number of nitrogens with zero attached hydrogens (tertiary/aromatic N) is 5. The second kappa shape index (κ2) is 12.0. The van der Waals surface area contributed by atoms with Crippen molar-refractivity contribution in [3.8, 4) is 5.75 Å². The number of aryl methyl sites for hydroxylation is 1. The zero-order valence-electron chi connectivity index (χ0n) is 23.7. The Hall–Kier alpha value is -3.93. The van der Waals surface area contributed by atoms with E-state index >= 15 is 0 Å². The quantitative estimate of drug-likeness (QED) is 0.243. The van der Waals surface area contributed by atoms with E-state index in [-0.39, 0.29) is 47.6 Å². The largest absolute Gasteiger partial charge is 0.497 e. The SMILES string of the molecule is COc1ccc(Cn2c(N3CCC[C@H]3C(F)(F)F)nc3sc(N4CCC[C@@H]4C(=O)CCc4ccccc4)nc3c2=O)cc1. The standard InChI is InChI=1S/C31H32F3N5O3S/c1-42-22-14-11-21(12-15-22)19-39-28(41)26-27(36-29(39)38-18-6-10-25(38)31(32,33)34)43-30(35-26)37-17-5-9-23(37)24(40)16-13-20-7-3-2-4-8-20/h2-4,7-8,11-12,14-15,23,25H,5-6,9-10,13,16-19H2,1H3/t23-,25+/m1/s1. The number of rotatable bonds is 9. The molecule has 2 aliphatic heterocycles. The van der Waals surface area contributed by atoms with Crippen molar-refractivity contribution < 1.29 is 22.7 Å². The van der Waals surface area contributed by atoms with Crippen molar-refractivity contribution in [1.82, 2.24) is 14.5 Å². The number of thiazole rings is 1. The van der Waals surface area contributed by atoms with Gasteiger partial charge in [-0.05, 0) is 55.4 Å². The van der Waals surface area contributed by atoms with Crippen LogP contribution in [0.4, 0.5) is 24.3 Å². The number of ketones is 1. The van der Waals surface area contributed by atoms with Gasteiger partial charge < -0.3 is 14.5 Å². The Bertz CT molecular complexity index is 1660. The molecule has 2 fully saturated rings. The average molecular weight is 612 g/mol. The molecule has 4 aromatic rings. The van der Waals surface area contributed by atoms with E-state index in [0.717, 1.165) is 23.3 Å². The summed E-state index contributed by atoms with van der Waals surface area (Å²) in [7, 11) is 1.54. The molecule has 8 nitrogen and oxygen atoms in total. The minimum absolute atomic E-state index is 0.0137. The summed E-state index contributed by atoms with van der Waals surface area (Å²) in [6, 6.07) is 14.8. The number of alkyl halides is 3. The second-order valence-corrected chi connectivity index (χ2v) is 12.0. The predicted octanol–water partition coefficient (Wildman–Crippen LogP) is 5.61. The molecule has 2 atom stereocenters. The summed E-state index contributed by atoms with van der Waals surface area (Å²) in [5, 5.41) is 0.497. The molecule has 2 aromatic heterocycles. The molecule has 0 amide bonds. The molecular weight excluding hydrogens is 579 g/mol. The Labute approximate surface area is 250 Å². The summed E-state index contributed by atoms with van der Waals surface area (Å²) >= 11 is 1.16. The average Bonchev–Trinajstić information content (AvgIpc) is 3.77. The lowest BCUT2D eigenvalue weighted by atomic mass is 10.0. The summed E-state index contributed by atoms with van der Waals surface area (Å²) in [4.78, 5) is 39.9. The molecule has 0 radical (unpaired) electrons. The third-order valence-electron chi connectivity index (χ3n) is 8.25. The lowest BCUT2D eigenvalue weighted by Crippen LogP contribution is -2.44. The molecule has 12 heteroatoms. The van der Waals surface area contributed by atoms with Gasteiger partial charge in [0.2, 0.25) is 5.95 Å². The van der Waals surface area contributed by atoms with Crippen LogP contribution in [0.5, 0.6) is 5.75 Å². The van der Waals surface area contributed by atoms with E-state index < -0.39 is 17.8 Å². The Balaban J connectivity index is 1.35. The Morgan fingerprint density at radius 3 is 2.42 bits per heavy atom. The molecule has 0 unspecified atom stereocenters. The molecule has 2 aromatic carbocycles. The third kappa shape index (κ3) is 5.97. The molecule has 0 N–H and O–H groups in total. The van der Waals surface area contributed by atoms with Crippen LogP contribution in [0.25, 0.3) is 10.3 Å². The Morgan fingerprint density at radius 1 is 0.977 bits per heavy atom. The zero-order chi connectivity index (χ0) is 30.1. The number of methoxy groups -OCH3 is 1. The molecule has 4 heterocycles. The molecule has 0 bridgehead atoms. The molecular formula is C31H32F3N5O3S. The maximum atomic E-state index is 14.0. The van der Waals surface area contributed by atoms with Crippen molar-refractivity contribution in [2.45, 2.75) is 63.3 Å². The number of benzene rings is 2. The first-order chi connectivity index (χ1) is 20.7. The smallest absolute Gasteiger partial charge is 0.408 e. The van der Waals surface area contributed by atoms with E-state index in [2.05, 4.69) is 9.97 Å². The zero-order valence-corrected chi connectivity index (χ0v) is 24.5. The van der Waals surface area contributed by atoms with E-state index in [9.17, 15) is 22.8 Å². The maximum absolute atomic E-state index is 14.0. The van der Waals surface area contributed by atoms with Gasteiger partial charge in [-0.3, -0.25) is 14.2 Å². The molecule has 6 rings (SSSR count). The van der Waals surface area contributed by atoms with Crippen LogP contribution in [0.1, 0.15) is 43.2 Å². The van der Waals surface area contributed by atoms with Crippen molar-refractivity contribution in [3.63, 3.8) is 0 Å². The normalized spacial score (nSPS) is 19.0. The maximum Gasteiger partial charge on any atom is 0.408 e. The fraction of sp³-hybridized carbons (Fsp3) is 0.419. The lowest BCUT2D eigenvalue weighted by molar-refractivity contribution is -0.146. The highest BCUT2D eigenvalue weighted by molar-refractivity contribution is 7.21. The molecule has 43 heavy (non-hydrogen) atoms. The Kier molecular flexibility index (Phi) is 8.13. The number of hydrogen-bond donors (Lipinski definition) is 0. The minimum atomic E-state index is -4.46. The minimum Gasteiger partial charge on any atom is -0.497 e. The van der Waals surface area contributed by atoms with Gasteiger partial charge in [0.05, 0.1) is 19.7 Å². The summed E-state index contributed by atoms with van der Waals surface area (Å²) in [5.41, 5.74) is 1.40. The van der Waals surface area contributed by atoms with Gasteiger partial charge in [0, 0.05) is 19.5 Å². The van der Waals surface area contributed by atoms with Gasteiger partial charge in [-0.25, -0.2) is 9.97 Å². The van der Waals surface area contributed by atoms with E-state index in [1.807, 2.05) is 35.2 Å². The van der Waals surface area contributed by atoms with Crippen LogP contribution in [-0.4, -0.2) is 58.8 Å². The molecule has 2 saturated heterocycles. The van der Waals surface area contributed by atoms with Gasteiger partial charge in [0.15, 0.2) is 21.3 Å². The molecule has 0 aliphatic carbocycles. The summed E-state index contributed by atoms with van der Waals surface area (Å²) < 4.78 is 48.6. The van der Waals surface area contributed by atoms with Crippen LogP contribution in [0.2, 0.25) is 0 Å². The lowest BCUT2D eigenvalue weighted by Gasteiger charge is -2.29. The van der Waals surface area contributed by atoms with Crippen molar-refractivity contribution in [3.05, 3.63) is 76.1 Å². The first-order valence-electron chi connectivity index (χ1n) is 14.4. The topological polar surface area (TPSA) is 80.6 Å². The fourth-order valence-electron chi connectivity index (χ4n) is 6.04. The number of anilines is 2. The fourth-order valence-corrected chi connectivity index (χ4v) is 7.04. The number of Topliss-reactive ketones (excluding diaryl/α,β-unsaturated/α-hetero) is 1. The number of ether oxygens (including phenoxy) is 1. The monoisotopic (exact) mass is 611 g/mol. The predicted molar refractivity (Wildman–Crippen MR) is 160 cm³/mol. The van der Waals surface area contributed by atoms with Gasteiger partial charge in [0.1, 0.15) is 11.8 Å². The van der Waals surface area contributed by atoms with Crippen molar-refractivity contribution >= 4 is 38.5 Å². The van der Waals surface area contributed by atoms with E-state index in [4.69, 9.17) is 4.74 Å². The number of halogens is 3. The van der Waals surface area contributed by atoms with E-state index in [1.54, 1.807) is 31.4 Å². The molecule has 2 aliphatic rings. The summed E-state index contributed by atoms with van der Waals surface area (Å²) in [6.07, 6.45) is -1.66. The van der Waals surface area contributed by atoms with Crippen LogP contribution >= 0.6 is 11.3 Å². The highest BCUT2D eigenvalue weighted by atomic mass is 32.1. The molecule has 0 spiro atoms. The first-order valence-corrected chi connectivity index (χ1v) is 15.3. The summed E-state index contributed by atoms with van der Waals surface area (Å²) in [5.74, 6) is 0.723. The van der Waals surface area contributed by atoms with Crippen LogP contribution in [0.15, 0.2) is 59.4 Å². The van der Waals surface area contributed by atoms with Crippen molar-refractivity contribution in [2.24, 2.45) is 0 Å². The van der Waals surface area contributed by atoms with Crippen LogP contribution in [0.3, 0.4) is 0 Å². The van der Waals surface area contributed by atoms with Gasteiger partial charge in [0.25, 0.3) is 5.56 Å².